The van der Waals surface area contributed by atoms with Crippen molar-refractivity contribution in [1.29, 1.82) is 0 Å². The SMILES string of the molecule is CC/C=C(/CC)c1ccccc1. The highest BCUT2D eigenvalue weighted by molar-refractivity contribution is 5.64. The molecular formula is C12H16. The van der Waals surface area contributed by atoms with Crippen molar-refractivity contribution in [2.45, 2.75) is 26.7 Å². The van der Waals surface area contributed by atoms with E-state index in [4.69, 9.17) is 0 Å². The van der Waals surface area contributed by atoms with E-state index in [9.17, 15) is 0 Å². The zero-order chi connectivity index (χ0) is 8.81. The Labute approximate surface area is 74.9 Å². The summed E-state index contributed by atoms with van der Waals surface area (Å²) in [6.07, 6.45) is 4.55. The van der Waals surface area contributed by atoms with Crippen LogP contribution in [0.25, 0.3) is 5.57 Å². The van der Waals surface area contributed by atoms with E-state index in [0.29, 0.717) is 0 Å². The third-order valence-electron chi connectivity index (χ3n) is 1.98. The predicted octanol–water partition coefficient (Wildman–Crippen LogP) is 3.89. The Hall–Kier alpha value is -1.04. The minimum atomic E-state index is 1.12. The van der Waals surface area contributed by atoms with Crippen molar-refractivity contribution in [1.82, 2.24) is 0 Å². The van der Waals surface area contributed by atoms with Crippen molar-refractivity contribution in [3.8, 4) is 0 Å². The third-order valence-corrected chi connectivity index (χ3v) is 1.98. The smallest absolute Gasteiger partial charge is 0.0228 e. The second-order valence-electron chi connectivity index (χ2n) is 2.86. The van der Waals surface area contributed by atoms with E-state index in [0.717, 1.165) is 12.8 Å². The van der Waals surface area contributed by atoms with Gasteiger partial charge in [0.15, 0.2) is 0 Å². The molecule has 0 aromatic heterocycles. The molecule has 0 aliphatic carbocycles. The average Bonchev–Trinajstić information content (AvgIpc) is 2.15. The molecule has 0 heterocycles. The van der Waals surface area contributed by atoms with Gasteiger partial charge in [0.25, 0.3) is 0 Å². The highest BCUT2D eigenvalue weighted by Crippen LogP contribution is 2.17. The standard InChI is InChI=1S/C12H16/c1-3-8-11(4-2)12-9-6-5-7-10-12/h5-10H,3-4H2,1-2H3/b11-8-. The van der Waals surface area contributed by atoms with Gasteiger partial charge in [-0.2, -0.15) is 0 Å². The zero-order valence-electron chi connectivity index (χ0n) is 7.88. The Morgan fingerprint density at radius 3 is 2.33 bits per heavy atom. The minimum absolute atomic E-state index is 1.12. The van der Waals surface area contributed by atoms with Crippen LogP contribution in [-0.4, -0.2) is 0 Å². The van der Waals surface area contributed by atoms with Crippen molar-refractivity contribution < 1.29 is 0 Å². The summed E-state index contributed by atoms with van der Waals surface area (Å²) in [5.41, 5.74) is 2.82. The molecule has 0 aliphatic rings. The van der Waals surface area contributed by atoms with Crippen molar-refractivity contribution in [2.24, 2.45) is 0 Å². The lowest BCUT2D eigenvalue weighted by molar-refractivity contribution is 1.17. The zero-order valence-corrected chi connectivity index (χ0v) is 7.88. The Balaban J connectivity index is 2.88. The Bertz CT molecular complexity index is 244. The van der Waals surface area contributed by atoms with Gasteiger partial charge in [0.2, 0.25) is 0 Å². The van der Waals surface area contributed by atoms with Crippen molar-refractivity contribution in [3.63, 3.8) is 0 Å². The number of hydrogen-bond donors (Lipinski definition) is 0. The van der Waals surface area contributed by atoms with Crippen LogP contribution in [0.4, 0.5) is 0 Å². The van der Waals surface area contributed by atoms with Crippen LogP contribution in [0.1, 0.15) is 32.3 Å². The van der Waals surface area contributed by atoms with Crippen LogP contribution >= 0.6 is 0 Å². The molecule has 0 fully saturated rings. The summed E-state index contributed by atoms with van der Waals surface area (Å²) in [7, 11) is 0. The number of rotatable bonds is 3. The Morgan fingerprint density at radius 2 is 1.83 bits per heavy atom. The molecule has 0 aliphatic heterocycles. The van der Waals surface area contributed by atoms with Crippen molar-refractivity contribution >= 4 is 5.57 Å². The van der Waals surface area contributed by atoms with Crippen LogP contribution in [0.15, 0.2) is 36.4 Å². The lowest BCUT2D eigenvalue weighted by atomic mass is 10.0. The van der Waals surface area contributed by atoms with Crippen LogP contribution < -0.4 is 0 Å². The van der Waals surface area contributed by atoms with Gasteiger partial charge in [-0.1, -0.05) is 50.3 Å². The molecule has 1 aromatic rings. The molecule has 0 bridgehead atoms. The van der Waals surface area contributed by atoms with E-state index in [-0.39, 0.29) is 0 Å². The molecule has 1 aromatic carbocycles. The minimum Gasteiger partial charge on any atom is -0.0810 e. The molecule has 0 nitrogen and oxygen atoms in total. The topological polar surface area (TPSA) is 0 Å². The van der Waals surface area contributed by atoms with Crippen LogP contribution in [0.3, 0.4) is 0 Å². The first-order chi connectivity index (χ1) is 5.88. The molecule has 0 spiro atoms. The average molecular weight is 160 g/mol. The fraction of sp³-hybridized carbons (Fsp3) is 0.333. The van der Waals surface area contributed by atoms with Crippen molar-refractivity contribution in [3.05, 3.63) is 42.0 Å². The highest BCUT2D eigenvalue weighted by atomic mass is 14.0. The molecule has 12 heavy (non-hydrogen) atoms. The quantitative estimate of drug-likeness (QED) is 0.629. The summed E-state index contributed by atoms with van der Waals surface area (Å²) in [5, 5.41) is 0. The largest absolute Gasteiger partial charge is 0.0810 e. The molecule has 1 rings (SSSR count). The summed E-state index contributed by atoms with van der Waals surface area (Å²) in [4.78, 5) is 0. The summed E-state index contributed by atoms with van der Waals surface area (Å²) < 4.78 is 0. The maximum absolute atomic E-state index is 2.30. The maximum atomic E-state index is 2.30. The van der Waals surface area contributed by atoms with Crippen molar-refractivity contribution in [2.75, 3.05) is 0 Å². The number of benzene rings is 1. The second-order valence-corrected chi connectivity index (χ2v) is 2.86. The van der Waals surface area contributed by atoms with Gasteiger partial charge >= 0.3 is 0 Å². The Morgan fingerprint density at radius 1 is 1.17 bits per heavy atom. The maximum Gasteiger partial charge on any atom is -0.0228 e. The van der Waals surface area contributed by atoms with E-state index in [1.165, 1.54) is 11.1 Å². The normalized spacial score (nSPS) is 11.7. The van der Waals surface area contributed by atoms with E-state index in [2.05, 4.69) is 50.3 Å². The molecule has 0 heteroatoms. The fourth-order valence-corrected chi connectivity index (χ4v) is 1.36. The van der Waals surface area contributed by atoms with E-state index >= 15 is 0 Å². The molecule has 0 saturated carbocycles. The summed E-state index contributed by atoms with van der Waals surface area (Å²) in [5.74, 6) is 0. The first-order valence-electron chi connectivity index (χ1n) is 4.63. The first-order valence-corrected chi connectivity index (χ1v) is 4.63. The molecular weight excluding hydrogens is 144 g/mol. The molecule has 0 saturated heterocycles. The molecule has 0 N–H and O–H groups in total. The van der Waals surface area contributed by atoms with E-state index < -0.39 is 0 Å². The van der Waals surface area contributed by atoms with Gasteiger partial charge in [-0.3, -0.25) is 0 Å². The molecule has 0 radical (unpaired) electrons. The molecule has 0 atom stereocenters. The van der Waals surface area contributed by atoms with Gasteiger partial charge in [-0.15, -0.1) is 0 Å². The van der Waals surface area contributed by atoms with Crippen LogP contribution in [-0.2, 0) is 0 Å². The highest BCUT2D eigenvalue weighted by Gasteiger charge is 1.95. The number of allylic oxidation sites excluding steroid dienone is 2. The van der Waals surface area contributed by atoms with Gasteiger partial charge in [0.05, 0.1) is 0 Å². The van der Waals surface area contributed by atoms with Crippen LogP contribution in [0.2, 0.25) is 0 Å². The van der Waals surface area contributed by atoms with Gasteiger partial charge in [-0.05, 0) is 24.0 Å². The van der Waals surface area contributed by atoms with Gasteiger partial charge in [0.1, 0.15) is 0 Å². The summed E-state index contributed by atoms with van der Waals surface area (Å²) in [6.45, 7) is 4.38. The second kappa shape index (κ2) is 4.76. The van der Waals surface area contributed by atoms with Gasteiger partial charge in [-0.25, -0.2) is 0 Å². The van der Waals surface area contributed by atoms with E-state index in [1.807, 2.05) is 0 Å². The van der Waals surface area contributed by atoms with Crippen LogP contribution in [0.5, 0.6) is 0 Å². The lowest BCUT2D eigenvalue weighted by Crippen LogP contribution is -1.81. The third kappa shape index (κ3) is 2.23. The molecule has 0 amide bonds. The predicted molar refractivity (Wildman–Crippen MR) is 55.0 cm³/mol. The van der Waals surface area contributed by atoms with E-state index in [1.54, 1.807) is 0 Å². The number of hydrogen-bond acceptors (Lipinski definition) is 0. The first kappa shape index (κ1) is 9.05. The van der Waals surface area contributed by atoms with Gasteiger partial charge < -0.3 is 0 Å². The summed E-state index contributed by atoms with van der Waals surface area (Å²) >= 11 is 0. The van der Waals surface area contributed by atoms with Gasteiger partial charge in [0, 0.05) is 0 Å². The van der Waals surface area contributed by atoms with Crippen LogP contribution in [0, 0.1) is 0 Å². The monoisotopic (exact) mass is 160 g/mol. The fourth-order valence-electron chi connectivity index (χ4n) is 1.36. The molecule has 0 unspecified atom stereocenters. The summed E-state index contributed by atoms with van der Waals surface area (Å²) in [6, 6.07) is 10.6. The lowest BCUT2D eigenvalue weighted by Gasteiger charge is -2.03. The Kier molecular flexibility index (Phi) is 3.59. The molecule has 64 valence electrons.